The van der Waals surface area contributed by atoms with Gasteiger partial charge in [-0.2, -0.15) is 0 Å². The molecule has 0 radical (unpaired) electrons. The molecule has 2 atom stereocenters. The van der Waals surface area contributed by atoms with Crippen molar-refractivity contribution in [3.8, 4) is 0 Å². The second-order valence-corrected chi connectivity index (χ2v) is 3.85. The fourth-order valence-electron chi connectivity index (χ4n) is 1.50. The summed E-state index contributed by atoms with van der Waals surface area (Å²) in [6.45, 7) is 4.49. The summed E-state index contributed by atoms with van der Waals surface area (Å²) in [5.41, 5.74) is 1.22. The van der Waals surface area contributed by atoms with Gasteiger partial charge in [0.1, 0.15) is 0 Å². The summed E-state index contributed by atoms with van der Waals surface area (Å²) in [7, 11) is 0. The molecule has 0 saturated carbocycles. The van der Waals surface area contributed by atoms with Crippen LogP contribution in [0.2, 0.25) is 0 Å². The van der Waals surface area contributed by atoms with Crippen LogP contribution in [0.1, 0.15) is 12.5 Å². The Morgan fingerprint density at radius 2 is 2.14 bits per heavy atom. The molecule has 1 saturated heterocycles. The molecule has 1 aromatic carbocycles. The fraction of sp³-hybridized carbons (Fsp3) is 0.500. The molecule has 0 aliphatic carbocycles. The van der Waals surface area contributed by atoms with Crippen LogP contribution in [-0.2, 0) is 16.1 Å². The van der Waals surface area contributed by atoms with Crippen molar-refractivity contribution < 1.29 is 9.47 Å². The Morgan fingerprint density at radius 1 is 1.36 bits per heavy atom. The Balaban J connectivity index is 1.68. The zero-order chi connectivity index (χ0) is 9.80. The highest BCUT2D eigenvalue weighted by molar-refractivity contribution is 5.13. The Morgan fingerprint density at radius 3 is 2.71 bits per heavy atom. The highest BCUT2D eigenvalue weighted by Crippen LogP contribution is 2.19. The molecule has 76 valence electrons. The van der Waals surface area contributed by atoms with Crippen LogP contribution in [0.15, 0.2) is 30.3 Å². The molecule has 0 aromatic heterocycles. The first kappa shape index (κ1) is 9.69. The normalized spacial score (nSPS) is 25.8. The molecular weight excluding hydrogens is 176 g/mol. The van der Waals surface area contributed by atoms with Crippen molar-refractivity contribution in [2.75, 3.05) is 13.2 Å². The predicted molar refractivity (Wildman–Crippen MR) is 55.0 cm³/mol. The van der Waals surface area contributed by atoms with Crippen molar-refractivity contribution in [3.63, 3.8) is 0 Å². The zero-order valence-electron chi connectivity index (χ0n) is 8.48. The molecule has 2 nitrogen and oxygen atoms in total. The van der Waals surface area contributed by atoms with Crippen LogP contribution in [0.25, 0.3) is 0 Å². The smallest absolute Gasteiger partial charge is 0.0856 e. The van der Waals surface area contributed by atoms with Gasteiger partial charge in [0.2, 0.25) is 0 Å². The number of hydrogen-bond donors (Lipinski definition) is 0. The average molecular weight is 192 g/mol. The standard InChI is InChI=1S/C12H16O2/c1-10-7-14-12(10)9-13-8-11-5-3-2-4-6-11/h2-6,10,12H,7-9H2,1H3/t10-,12-/m1/s1. The maximum atomic E-state index is 5.57. The zero-order valence-corrected chi connectivity index (χ0v) is 8.48. The van der Waals surface area contributed by atoms with E-state index in [1.165, 1.54) is 5.56 Å². The van der Waals surface area contributed by atoms with Crippen molar-refractivity contribution in [2.24, 2.45) is 5.92 Å². The van der Waals surface area contributed by atoms with Crippen LogP contribution in [0.4, 0.5) is 0 Å². The summed E-state index contributed by atoms with van der Waals surface area (Å²) < 4.78 is 10.9. The molecule has 0 unspecified atom stereocenters. The molecule has 1 aliphatic rings. The van der Waals surface area contributed by atoms with Crippen molar-refractivity contribution in [1.29, 1.82) is 0 Å². The van der Waals surface area contributed by atoms with Crippen LogP contribution in [0, 0.1) is 5.92 Å². The maximum Gasteiger partial charge on any atom is 0.0856 e. The number of hydrogen-bond acceptors (Lipinski definition) is 2. The van der Waals surface area contributed by atoms with Crippen LogP contribution in [0.3, 0.4) is 0 Å². The van der Waals surface area contributed by atoms with Crippen molar-refractivity contribution >= 4 is 0 Å². The molecule has 14 heavy (non-hydrogen) atoms. The molecule has 2 heteroatoms. The third-order valence-corrected chi connectivity index (χ3v) is 2.60. The van der Waals surface area contributed by atoms with Gasteiger partial charge in [0.15, 0.2) is 0 Å². The van der Waals surface area contributed by atoms with Gasteiger partial charge < -0.3 is 9.47 Å². The SMILES string of the molecule is C[C@@H]1CO[C@@H]1COCc1ccccc1. The summed E-state index contributed by atoms with van der Waals surface area (Å²) in [6.07, 6.45) is 0.318. The van der Waals surface area contributed by atoms with Gasteiger partial charge in [0, 0.05) is 5.92 Å². The Hall–Kier alpha value is -0.860. The first-order valence-electron chi connectivity index (χ1n) is 5.09. The lowest BCUT2D eigenvalue weighted by molar-refractivity contribution is -0.141. The average Bonchev–Trinajstić information content (AvgIpc) is 2.24. The molecule has 1 aliphatic heterocycles. The highest BCUT2D eigenvalue weighted by Gasteiger charge is 2.27. The lowest BCUT2D eigenvalue weighted by atomic mass is 10.0. The van der Waals surface area contributed by atoms with Crippen molar-refractivity contribution in [1.82, 2.24) is 0 Å². The third kappa shape index (κ3) is 2.34. The van der Waals surface area contributed by atoms with Crippen LogP contribution in [-0.4, -0.2) is 19.3 Å². The van der Waals surface area contributed by atoms with E-state index in [1.54, 1.807) is 0 Å². The molecule has 1 aromatic rings. The van der Waals surface area contributed by atoms with E-state index in [9.17, 15) is 0 Å². The molecular formula is C12H16O2. The van der Waals surface area contributed by atoms with E-state index in [-0.39, 0.29) is 0 Å². The first-order valence-corrected chi connectivity index (χ1v) is 5.09. The van der Waals surface area contributed by atoms with Gasteiger partial charge in [-0.05, 0) is 5.56 Å². The minimum absolute atomic E-state index is 0.318. The minimum Gasteiger partial charge on any atom is -0.375 e. The summed E-state index contributed by atoms with van der Waals surface area (Å²) >= 11 is 0. The van der Waals surface area contributed by atoms with E-state index in [0.29, 0.717) is 18.6 Å². The van der Waals surface area contributed by atoms with Crippen molar-refractivity contribution in [3.05, 3.63) is 35.9 Å². The summed E-state index contributed by atoms with van der Waals surface area (Å²) in [5.74, 6) is 0.658. The maximum absolute atomic E-state index is 5.57. The van der Waals surface area contributed by atoms with Gasteiger partial charge in [-0.3, -0.25) is 0 Å². The first-order chi connectivity index (χ1) is 6.86. The van der Waals surface area contributed by atoms with E-state index in [1.807, 2.05) is 18.2 Å². The Bertz CT molecular complexity index is 271. The fourth-order valence-corrected chi connectivity index (χ4v) is 1.50. The van der Waals surface area contributed by atoms with E-state index in [0.717, 1.165) is 13.2 Å². The molecule has 0 N–H and O–H groups in total. The summed E-state index contributed by atoms with van der Waals surface area (Å²) in [5, 5.41) is 0. The van der Waals surface area contributed by atoms with E-state index in [4.69, 9.17) is 9.47 Å². The topological polar surface area (TPSA) is 18.5 Å². The van der Waals surface area contributed by atoms with Gasteiger partial charge in [0.05, 0.1) is 25.9 Å². The Labute approximate surface area is 84.8 Å². The molecule has 2 rings (SSSR count). The third-order valence-electron chi connectivity index (χ3n) is 2.60. The number of benzene rings is 1. The largest absolute Gasteiger partial charge is 0.375 e. The molecule has 0 bridgehead atoms. The van der Waals surface area contributed by atoms with E-state index in [2.05, 4.69) is 19.1 Å². The number of ether oxygens (including phenoxy) is 2. The summed E-state index contributed by atoms with van der Waals surface area (Å²) in [6, 6.07) is 10.2. The van der Waals surface area contributed by atoms with Gasteiger partial charge in [-0.15, -0.1) is 0 Å². The predicted octanol–water partition coefficient (Wildman–Crippen LogP) is 2.24. The van der Waals surface area contributed by atoms with Crippen LogP contribution >= 0.6 is 0 Å². The van der Waals surface area contributed by atoms with Gasteiger partial charge in [0.25, 0.3) is 0 Å². The second-order valence-electron chi connectivity index (χ2n) is 3.85. The van der Waals surface area contributed by atoms with Crippen LogP contribution < -0.4 is 0 Å². The molecule has 1 fully saturated rings. The van der Waals surface area contributed by atoms with Gasteiger partial charge in [-0.25, -0.2) is 0 Å². The van der Waals surface area contributed by atoms with Gasteiger partial charge in [-0.1, -0.05) is 37.3 Å². The lowest BCUT2D eigenvalue weighted by Gasteiger charge is -2.33. The quantitative estimate of drug-likeness (QED) is 0.728. The van der Waals surface area contributed by atoms with E-state index >= 15 is 0 Å². The lowest BCUT2D eigenvalue weighted by Crippen LogP contribution is -2.40. The number of rotatable bonds is 4. The highest BCUT2D eigenvalue weighted by atomic mass is 16.5. The summed E-state index contributed by atoms with van der Waals surface area (Å²) in [4.78, 5) is 0. The molecule has 0 spiro atoms. The monoisotopic (exact) mass is 192 g/mol. The minimum atomic E-state index is 0.318. The van der Waals surface area contributed by atoms with Gasteiger partial charge >= 0.3 is 0 Å². The van der Waals surface area contributed by atoms with E-state index < -0.39 is 0 Å². The van der Waals surface area contributed by atoms with Crippen molar-refractivity contribution in [2.45, 2.75) is 19.6 Å². The van der Waals surface area contributed by atoms with Crippen LogP contribution in [0.5, 0.6) is 0 Å². The Kier molecular flexibility index (Phi) is 3.17. The molecule has 0 amide bonds. The molecule has 1 heterocycles. The second kappa shape index (κ2) is 4.58.